The van der Waals surface area contributed by atoms with E-state index >= 15 is 0 Å². The molecule has 0 fully saturated rings. The lowest BCUT2D eigenvalue weighted by Gasteiger charge is -2.14. The Labute approximate surface area is 160 Å². The topological polar surface area (TPSA) is 68.8 Å². The van der Waals surface area contributed by atoms with Gasteiger partial charge < -0.3 is 24.8 Å². The van der Waals surface area contributed by atoms with Crippen molar-refractivity contribution in [3.63, 3.8) is 0 Å². The Balaban J connectivity index is 1.83. The lowest BCUT2D eigenvalue weighted by Crippen LogP contribution is -2.30. The Bertz CT molecular complexity index is 749. The smallest absolute Gasteiger partial charge is 0.319 e. The summed E-state index contributed by atoms with van der Waals surface area (Å²) in [5.74, 6) is 2.11. The van der Waals surface area contributed by atoms with Crippen LogP contribution in [0.2, 0.25) is 0 Å². The highest BCUT2D eigenvalue weighted by atomic mass is 16.5. The van der Waals surface area contributed by atoms with Gasteiger partial charge in [0.1, 0.15) is 5.75 Å². The molecule has 0 aliphatic heterocycles. The third kappa shape index (κ3) is 6.40. The summed E-state index contributed by atoms with van der Waals surface area (Å²) in [6.45, 7) is 4.59. The van der Waals surface area contributed by atoms with Gasteiger partial charge in [0.15, 0.2) is 11.5 Å². The van der Waals surface area contributed by atoms with Crippen LogP contribution in [0.15, 0.2) is 42.5 Å². The summed E-state index contributed by atoms with van der Waals surface area (Å²) in [4.78, 5) is 12.1. The number of ether oxygens (including phenoxy) is 3. The molecule has 6 nitrogen and oxygen atoms in total. The maximum absolute atomic E-state index is 12.1. The highest BCUT2D eigenvalue weighted by Gasteiger charge is 2.07. The molecule has 0 radical (unpaired) electrons. The van der Waals surface area contributed by atoms with Crippen LogP contribution in [0.25, 0.3) is 0 Å². The first-order valence-corrected chi connectivity index (χ1v) is 9.08. The molecule has 0 saturated carbocycles. The van der Waals surface area contributed by atoms with Gasteiger partial charge in [-0.05, 0) is 49.6 Å². The number of urea groups is 1. The molecule has 0 saturated heterocycles. The predicted molar refractivity (Wildman–Crippen MR) is 107 cm³/mol. The van der Waals surface area contributed by atoms with Crippen molar-refractivity contribution in [2.75, 3.05) is 26.1 Å². The molecule has 2 N–H and O–H groups in total. The van der Waals surface area contributed by atoms with Crippen molar-refractivity contribution in [1.82, 2.24) is 5.32 Å². The van der Waals surface area contributed by atoms with Crippen molar-refractivity contribution in [1.29, 1.82) is 0 Å². The molecule has 0 aromatic heterocycles. The molecule has 0 aliphatic carbocycles. The number of hydrogen-bond acceptors (Lipinski definition) is 4. The van der Waals surface area contributed by atoms with E-state index in [1.807, 2.05) is 49.4 Å². The third-order valence-electron chi connectivity index (χ3n) is 4.15. The second-order valence-electron chi connectivity index (χ2n) is 6.18. The molecule has 2 aromatic carbocycles. The minimum Gasteiger partial charge on any atom is -0.493 e. The SMILES string of the molecule is CCC(C)Oc1cccc(NC(=O)NCCc2ccc(OC)c(OC)c2)c1. The second kappa shape index (κ2) is 10.3. The molecule has 146 valence electrons. The highest BCUT2D eigenvalue weighted by Crippen LogP contribution is 2.27. The molecule has 0 aliphatic rings. The zero-order chi connectivity index (χ0) is 19.6. The van der Waals surface area contributed by atoms with Gasteiger partial charge in [0.05, 0.1) is 20.3 Å². The monoisotopic (exact) mass is 372 g/mol. The first kappa shape index (κ1) is 20.4. The molecule has 2 rings (SSSR count). The van der Waals surface area contributed by atoms with Crippen molar-refractivity contribution >= 4 is 11.7 Å². The molecule has 0 heterocycles. The van der Waals surface area contributed by atoms with Crippen LogP contribution in [-0.4, -0.2) is 32.9 Å². The molecule has 1 atom stereocenters. The fourth-order valence-electron chi connectivity index (χ4n) is 2.49. The number of anilines is 1. The van der Waals surface area contributed by atoms with Crippen LogP contribution in [0.4, 0.5) is 10.5 Å². The van der Waals surface area contributed by atoms with Gasteiger partial charge in [-0.2, -0.15) is 0 Å². The average molecular weight is 372 g/mol. The Morgan fingerprint density at radius 2 is 1.85 bits per heavy atom. The summed E-state index contributed by atoms with van der Waals surface area (Å²) in [5, 5.41) is 5.68. The number of nitrogens with one attached hydrogen (secondary N) is 2. The molecule has 6 heteroatoms. The Morgan fingerprint density at radius 3 is 2.56 bits per heavy atom. The van der Waals surface area contributed by atoms with E-state index in [2.05, 4.69) is 17.6 Å². The normalized spacial score (nSPS) is 11.4. The minimum atomic E-state index is -0.254. The van der Waals surface area contributed by atoms with Crippen molar-refractivity contribution < 1.29 is 19.0 Å². The summed E-state index contributed by atoms with van der Waals surface area (Å²) in [6.07, 6.45) is 1.75. The van der Waals surface area contributed by atoms with Gasteiger partial charge in [-0.25, -0.2) is 4.79 Å². The quantitative estimate of drug-likeness (QED) is 0.691. The number of carbonyl (C=O) groups excluding carboxylic acids is 1. The molecule has 27 heavy (non-hydrogen) atoms. The Kier molecular flexibility index (Phi) is 7.79. The molecule has 2 amide bonds. The van der Waals surface area contributed by atoms with Gasteiger partial charge in [-0.15, -0.1) is 0 Å². The number of rotatable bonds is 9. The van der Waals surface area contributed by atoms with Gasteiger partial charge in [0.2, 0.25) is 0 Å². The van der Waals surface area contributed by atoms with Crippen LogP contribution in [0.1, 0.15) is 25.8 Å². The molecule has 0 spiro atoms. The molecule has 1 unspecified atom stereocenters. The number of carbonyl (C=O) groups is 1. The van der Waals surface area contributed by atoms with E-state index in [1.165, 1.54) is 0 Å². The van der Waals surface area contributed by atoms with Crippen LogP contribution in [0.5, 0.6) is 17.2 Å². The Morgan fingerprint density at radius 1 is 1.07 bits per heavy atom. The summed E-state index contributed by atoms with van der Waals surface area (Å²) < 4.78 is 16.3. The van der Waals surface area contributed by atoms with Crippen LogP contribution in [0, 0.1) is 0 Å². The molecule has 0 bridgehead atoms. The van der Waals surface area contributed by atoms with E-state index in [0.717, 1.165) is 17.7 Å². The number of amides is 2. The van der Waals surface area contributed by atoms with Crippen molar-refractivity contribution in [3.05, 3.63) is 48.0 Å². The predicted octanol–water partition coefficient (Wildman–Crippen LogP) is 4.25. The Hall–Kier alpha value is -2.89. The summed E-state index contributed by atoms with van der Waals surface area (Å²) in [6, 6.07) is 12.9. The fraction of sp³-hybridized carbons (Fsp3) is 0.381. The zero-order valence-electron chi connectivity index (χ0n) is 16.4. The van der Waals surface area contributed by atoms with E-state index in [9.17, 15) is 4.79 Å². The summed E-state index contributed by atoms with van der Waals surface area (Å²) in [7, 11) is 3.21. The van der Waals surface area contributed by atoms with Gasteiger partial charge >= 0.3 is 6.03 Å². The zero-order valence-corrected chi connectivity index (χ0v) is 16.4. The van der Waals surface area contributed by atoms with Gasteiger partial charge in [0.25, 0.3) is 0 Å². The fourth-order valence-corrected chi connectivity index (χ4v) is 2.49. The average Bonchev–Trinajstić information content (AvgIpc) is 2.68. The lowest BCUT2D eigenvalue weighted by atomic mass is 10.1. The van der Waals surface area contributed by atoms with Crippen molar-refractivity contribution in [2.24, 2.45) is 0 Å². The standard InChI is InChI=1S/C21H28N2O4/c1-5-15(2)27-18-8-6-7-17(14-18)23-21(24)22-12-11-16-9-10-19(25-3)20(13-16)26-4/h6-10,13-15H,5,11-12H2,1-4H3,(H2,22,23,24). The number of methoxy groups -OCH3 is 2. The van der Waals surface area contributed by atoms with Crippen LogP contribution in [0.3, 0.4) is 0 Å². The van der Waals surface area contributed by atoms with E-state index in [0.29, 0.717) is 30.2 Å². The van der Waals surface area contributed by atoms with Crippen molar-refractivity contribution in [3.8, 4) is 17.2 Å². The van der Waals surface area contributed by atoms with Crippen LogP contribution >= 0.6 is 0 Å². The first-order chi connectivity index (χ1) is 13.0. The van der Waals surface area contributed by atoms with Crippen LogP contribution in [-0.2, 0) is 6.42 Å². The summed E-state index contributed by atoms with van der Waals surface area (Å²) in [5.41, 5.74) is 1.75. The second-order valence-corrected chi connectivity index (χ2v) is 6.18. The largest absolute Gasteiger partial charge is 0.493 e. The van der Waals surface area contributed by atoms with Gasteiger partial charge in [-0.1, -0.05) is 19.1 Å². The maximum Gasteiger partial charge on any atom is 0.319 e. The molecular weight excluding hydrogens is 344 g/mol. The van der Waals surface area contributed by atoms with Gasteiger partial charge in [-0.3, -0.25) is 0 Å². The lowest BCUT2D eigenvalue weighted by molar-refractivity contribution is 0.217. The number of hydrogen-bond donors (Lipinski definition) is 2. The van der Waals surface area contributed by atoms with Crippen molar-refractivity contribution in [2.45, 2.75) is 32.8 Å². The maximum atomic E-state index is 12.1. The van der Waals surface area contributed by atoms with E-state index in [-0.39, 0.29) is 12.1 Å². The third-order valence-corrected chi connectivity index (χ3v) is 4.15. The molecule has 2 aromatic rings. The first-order valence-electron chi connectivity index (χ1n) is 9.08. The van der Waals surface area contributed by atoms with E-state index < -0.39 is 0 Å². The number of benzene rings is 2. The summed E-state index contributed by atoms with van der Waals surface area (Å²) >= 11 is 0. The highest BCUT2D eigenvalue weighted by molar-refractivity contribution is 5.89. The van der Waals surface area contributed by atoms with E-state index in [4.69, 9.17) is 14.2 Å². The van der Waals surface area contributed by atoms with Crippen LogP contribution < -0.4 is 24.8 Å². The minimum absolute atomic E-state index is 0.135. The molecular formula is C21H28N2O4. The van der Waals surface area contributed by atoms with Gasteiger partial charge in [0, 0.05) is 18.3 Å². The van der Waals surface area contributed by atoms with E-state index in [1.54, 1.807) is 14.2 Å².